The maximum absolute atomic E-state index is 13.2. The zero-order valence-corrected chi connectivity index (χ0v) is 29.8. The Morgan fingerprint density at radius 1 is 1.02 bits per heavy atom. The number of carbonyl (C=O) groups excluding carboxylic acids is 1. The van der Waals surface area contributed by atoms with E-state index in [2.05, 4.69) is 24.1 Å². The molecule has 2 aliphatic carbocycles. The van der Waals surface area contributed by atoms with Gasteiger partial charge in [-0.05, 0) is 81.0 Å². The number of carboxylic acids is 1. The molecule has 6 aliphatic rings. The third-order valence-corrected chi connectivity index (χ3v) is 12.0. The van der Waals surface area contributed by atoms with Crippen LogP contribution in [-0.4, -0.2) is 63.3 Å². The van der Waals surface area contributed by atoms with Gasteiger partial charge in [-0.3, -0.25) is 9.59 Å². The normalized spacial score (nSPS) is 34.6. The molecule has 2 saturated carbocycles. The highest BCUT2D eigenvalue weighted by molar-refractivity contribution is 5.86. The molecule has 6 fully saturated rings. The molecule has 1 spiro atoms. The summed E-state index contributed by atoms with van der Waals surface area (Å²) in [5.74, 6) is -0.981. The molecule has 3 N–H and O–H groups in total. The maximum Gasteiger partial charge on any atom is 0.433 e. The zero-order chi connectivity index (χ0) is 38.5. The van der Waals surface area contributed by atoms with E-state index in [0.717, 1.165) is 44.6 Å². The molecule has 16 heteroatoms. The van der Waals surface area contributed by atoms with Crippen molar-refractivity contribution in [3.8, 4) is 0 Å². The van der Waals surface area contributed by atoms with E-state index in [9.17, 15) is 41.0 Å². The number of halogens is 6. The summed E-state index contributed by atoms with van der Waals surface area (Å²) in [5, 5.41) is 22.3. The quantitative estimate of drug-likeness (QED) is 0.154. The third kappa shape index (κ3) is 7.89. The van der Waals surface area contributed by atoms with Crippen molar-refractivity contribution in [1.82, 2.24) is 10.3 Å². The van der Waals surface area contributed by atoms with Crippen molar-refractivity contribution in [1.29, 1.82) is 0 Å². The first-order valence-electron chi connectivity index (χ1n) is 18.3. The van der Waals surface area contributed by atoms with Gasteiger partial charge in [-0.1, -0.05) is 32.4 Å². The van der Waals surface area contributed by atoms with E-state index in [1.54, 1.807) is 0 Å². The minimum Gasteiger partial charge on any atom is -0.481 e. The molecule has 10 nitrogen and oxygen atoms in total. The van der Waals surface area contributed by atoms with Crippen molar-refractivity contribution < 1.29 is 65.4 Å². The number of pyridine rings is 1. The van der Waals surface area contributed by atoms with Gasteiger partial charge in [0.15, 0.2) is 5.79 Å². The minimum absolute atomic E-state index is 0.100. The van der Waals surface area contributed by atoms with Crippen LogP contribution < -0.4 is 5.32 Å². The number of ether oxygens (including phenoxy) is 2. The number of carbonyl (C=O) groups is 2. The highest BCUT2D eigenvalue weighted by Gasteiger charge is 2.68. The maximum atomic E-state index is 13.2. The van der Waals surface area contributed by atoms with Crippen LogP contribution >= 0.6 is 0 Å². The number of nitrogens with one attached hydrogen (secondary N) is 1. The SMILES string of the molecule is C[C@H]1[C@H](OC(=O)CCC(=O)O)C[C@@H]2O[C@@]3(C)CC[C@H]4[C@H](C)CC[C@@H]1[C@@]24OO3.O[C@H](c1cc(C(F)(F)F)nc2c(C(F)(F)F)cccc12)[C@@H]1CCCCN1. The Balaban J connectivity index is 0.000000182. The second-order valence-electron chi connectivity index (χ2n) is 15.4. The topological polar surface area (TPSA) is 136 Å². The number of hydrogen-bond donors (Lipinski definition) is 3. The van der Waals surface area contributed by atoms with Gasteiger partial charge in [0.2, 0.25) is 0 Å². The first-order valence-corrected chi connectivity index (χ1v) is 18.3. The lowest BCUT2D eigenvalue weighted by molar-refractivity contribution is -0.540. The van der Waals surface area contributed by atoms with Crippen LogP contribution in [0.5, 0.6) is 0 Å². The molecular formula is C37H46F6N2O8. The van der Waals surface area contributed by atoms with Crippen LogP contribution in [0.4, 0.5) is 26.3 Å². The predicted octanol–water partition coefficient (Wildman–Crippen LogP) is 7.51. The first kappa shape index (κ1) is 39.6. The van der Waals surface area contributed by atoms with Crippen molar-refractivity contribution in [3.05, 3.63) is 41.1 Å². The standard InChI is InChI=1S/C20H30O7.C17H16F6N2O/c1-11-4-5-14-12(2)15(24-18(23)7-6-17(21)22)10-16-20(14)13(11)8-9-19(3,25-16)26-27-20;18-16(19,20)11-5-3-4-9-10(15(26)12-6-1-2-7-24-12)8-13(17(21,22)23)25-14(9)11/h11-16H,4-10H2,1-3H3,(H,21,22);3-5,8,12,15,24,26H,1-2,6-7H2/t11-,12-,13+,14+,15-,16+,19-,20-;12-,15+/m10/s1. The summed E-state index contributed by atoms with van der Waals surface area (Å²) in [6, 6.07) is 3.16. The molecule has 5 heterocycles. The summed E-state index contributed by atoms with van der Waals surface area (Å²) >= 11 is 0. The van der Waals surface area contributed by atoms with Crippen molar-refractivity contribution in [2.45, 2.75) is 133 Å². The summed E-state index contributed by atoms with van der Waals surface area (Å²) in [6.45, 7) is 6.91. The van der Waals surface area contributed by atoms with Crippen molar-refractivity contribution in [2.75, 3.05) is 6.54 Å². The van der Waals surface area contributed by atoms with Gasteiger partial charge in [0.25, 0.3) is 0 Å². The van der Waals surface area contributed by atoms with Crippen LogP contribution in [-0.2, 0) is 41.2 Å². The van der Waals surface area contributed by atoms with Gasteiger partial charge in [0.05, 0.1) is 36.1 Å². The smallest absolute Gasteiger partial charge is 0.433 e. The van der Waals surface area contributed by atoms with E-state index in [1.165, 1.54) is 6.07 Å². The molecule has 4 aliphatic heterocycles. The van der Waals surface area contributed by atoms with Gasteiger partial charge in [0, 0.05) is 30.2 Å². The largest absolute Gasteiger partial charge is 0.481 e. The lowest BCUT2D eigenvalue weighted by Gasteiger charge is -2.60. The Morgan fingerprint density at radius 3 is 2.43 bits per heavy atom. The number of hydrogen-bond acceptors (Lipinski definition) is 9. The lowest BCUT2D eigenvalue weighted by Crippen LogP contribution is -2.69. The van der Waals surface area contributed by atoms with E-state index >= 15 is 0 Å². The number of carboxylic acid groups (broad SMARTS) is 1. The van der Waals surface area contributed by atoms with Gasteiger partial charge in [-0.15, -0.1) is 0 Å². The summed E-state index contributed by atoms with van der Waals surface area (Å²) in [4.78, 5) is 38.1. The van der Waals surface area contributed by atoms with E-state index in [4.69, 9.17) is 24.4 Å². The molecule has 0 amide bonds. The number of para-hydroxylation sites is 1. The Hall–Kier alpha value is -3.05. The Kier molecular flexibility index (Phi) is 11.1. The van der Waals surface area contributed by atoms with E-state index < -0.39 is 64.6 Å². The van der Waals surface area contributed by atoms with E-state index in [1.807, 2.05) is 6.92 Å². The van der Waals surface area contributed by atoms with E-state index in [-0.39, 0.29) is 47.8 Å². The average molecular weight is 761 g/mol. The summed E-state index contributed by atoms with van der Waals surface area (Å²) in [6.07, 6.45) is -5.28. The van der Waals surface area contributed by atoms with Gasteiger partial charge >= 0.3 is 24.3 Å². The Labute approximate surface area is 302 Å². The monoisotopic (exact) mass is 760 g/mol. The van der Waals surface area contributed by atoms with Gasteiger partial charge in [0.1, 0.15) is 17.4 Å². The second kappa shape index (κ2) is 14.9. The van der Waals surface area contributed by atoms with Crippen LogP contribution in [0.2, 0.25) is 0 Å². The number of nitrogens with zero attached hydrogens (tertiary/aromatic N) is 1. The summed E-state index contributed by atoms with van der Waals surface area (Å²) in [7, 11) is 0. The molecule has 0 radical (unpaired) electrons. The second-order valence-corrected chi connectivity index (χ2v) is 15.4. The van der Waals surface area contributed by atoms with Gasteiger partial charge < -0.3 is 25.0 Å². The van der Waals surface area contributed by atoms with Gasteiger partial charge in [-0.25, -0.2) is 14.8 Å². The molecule has 294 valence electrons. The average Bonchev–Trinajstić information content (AvgIpc) is 3.34. The third-order valence-electron chi connectivity index (χ3n) is 12.0. The van der Waals surface area contributed by atoms with Crippen LogP contribution in [0.15, 0.2) is 24.3 Å². The minimum atomic E-state index is -4.93. The number of aliphatic hydroxyl groups is 1. The van der Waals surface area contributed by atoms with Crippen LogP contribution in [0.25, 0.3) is 10.9 Å². The van der Waals surface area contributed by atoms with E-state index in [0.29, 0.717) is 43.4 Å². The fraction of sp³-hybridized carbons (Fsp3) is 0.703. The fourth-order valence-corrected chi connectivity index (χ4v) is 9.29. The first-order chi connectivity index (χ1) is 24.8. The van der Waals surface area contributed by atoms with Crippen LogP contribution in [0, 0.1) is 23.7 Å². The molecule has 2 bridgehead atoms. The number of aliphatic carboxylic acids is 1. The van der Waals surface area contributed by atoms with Crippen molar-refractivity contribution in [2.24, 2.45) is 23.7 Å². The molecular weight excluding hydrogens is 714 g/mol. The Morgan fingerprint density at radius 2 is 1.77 bits per heavy atom. The zero-order valence-electron chi connectivity index (χ0n) is 29.8. The number of aliphatic hydroxyl groups excluding tert-OH is 1. The van der Waals surface area contributed by atoms with Crippen LogP contribution in [0.1, 0.15) is 108 Å². The van der Waals surface area contributed by atoms with Crippen LogP contribution in [0.3, 0.4) is 0 Å². The molecule has 8 rings (SSSR count). The Bertz CT molecular complexity index is 1670. The number of piperidine rings is 1. The fourth-order valence-electron chi connectivity index (χ4n) is 9.29. The molecule has 0 unspecified atom stereocenters. The number of aromatic nitrogens is 1. The molecule has 1 aromatic heterocycles. The number of fused-ring (bicyclic) bond motifs is 3. The number of esters is 1. The number of benzene rings is 1. The highest BCUT2D eigenvalue weighted by atomic mass is 19.4. The molecule has 53 heavy (non-hydrogen) atoms. The van der Waals surface area contributed by atoms with Crippen molar-refractivity contribution in [3.63, 3.8) is 0 Å². The van der Waals surface area contributed by atoms with Crippen molar-refractivity contribution >= 4 is 22.8 Å². The molecule has 4 saturated heterocycles. The predicted molar refractivity (Wildman–Crippen MR) is 176 cm³/mol. The highest BCUT2D eigenvalue weighted by Crippen LogP contribution is 2.61. The number of alkyl halides is 6. The molecule has 10 atom stereocenters. The lowest BCUT2D eigenvalue weighted by atomic mass is 9.53. The number of rotatable bonds is 6. The molecule has 1 aromatic carbocycles. The summed E-state index contributed by atoms with van der Waals surface area (Å²) in [5.41, 5.74) is -4.19. The van der Waals surface area contributed by atoms with Gasteiger partial charge in [-0.2, -0.15) is 26.3 Å². The summed E-state index contributed by atoms with van der Waals surface area (Å²) < 4.78 is 91.4. The molecule has 2 aromatic rings.